The number of ether oxygens (including phenoxy) is 1. The molecule has 2 nitrogen and oxygen atoms in total. The van der Waals surface area contributed by atoms with Crippen molar-refractivity contribution in [3.63, 3.8) is 0 Å². The van der Waals surface area contributed by atoms with Gasteiger partial charge in [0.05, 0.1) is 6.10 Å². The second-order valence-electron chi connectivity index (χ2n) is 4.98. The number of hydrogen-bond donors (Lipinski definition) is 1. The molecule has 0 radical (unpaired) electrons. The first-order valence-electron chi connectivity index (χ1n) is 5.63. The van der Waals surface area contributed by atoms with Crippen LogP contribution < -0.4 is 0 Å². The zero-order valence-electron chi connectivity index (χ0n) is 9.52. The minimum atomic E-state index is -4.23. The van der Waals surface area contributed by atoms with Gasteiger partial charge in [-0.05, 0) is 37.5 Å². The lowest BCUT2D eigenvalue weighted by Gasteiger charge is -2.23. The van der Waals surface area contributed by atoms with Crippen LogP contribution in [-0.2, 0) is 4.74 Å². The van der Waals surface area contributed by atoms with E-state index in [0.717, 1.165) is 25.7 Å². The summed E-state index contributed by atoms with van der Waals surface area (Å²) in [5.41, 5.74) is 0.0843. The molecule has 1 N–H and O–H groups in total. The Bertz CT molecular complexity index is 218. The minimum absolute atomic E-state index is 0.0843. The Kier molecular flexibility index (Phi) is 4.62. The molecule has 0 aromatic rings. The zero-order chi connectivity index (χ0) is 12.2. The van der Waals surface area contributed by atoms with E-state index in [9.17, 15) is 18.3 Å². The summed E-state index contributed by atoms with van der Waals surface area (Å²) in [6, 6.07) is 0. The summed E-state index contributed by atoms with van der Waals surface area (Å²) in [5.74, 6) is 0. The fourth-order valence-electron chi connectivity index (χ4n) is 2.30. The normalized spacial score (nSPS) is 30.9. The Morgan fingerprint density at radius 1 is 1.44 bits per heavy atom. The van der Waals surface area contributed by atoms with Crippen molar-refractivity contribution >= 4 is 0 Å². The lowest BCUT2D eigenvalue weighted by molar-refractivity contribution is -0.174. The number of rotatable bonds is 5. The third-order valence-corrected chi connectivity index (χ3v) is 3.14. The highest BCUT2D eigenvalue weighted by molar-refractivity contribution is 4.85. The maximum Gasteiger partial charge on any atom is 0.411 e. The second-order valence-corrected chi connectivity index (χ2v) is 4.98. The van der Waals surface area contributed by atoms with E-state index in [-0.39, 0.29) is 18.1 Å². The monoisotopic (exact) mass is 240 g/mol. The van der Waals surface area contributed by atoms with Gasteiger partial charge in [-0.25, -0.2) is 0 Å². The molecule has 0 aromatic heterocycles. The molecule has 96 valence electrons. The van der Waals surface area contributed by atoms with Crippen LogP contribution in [0.15, 0.2) is 0 Å². The van der Waals surface area contributed by atoms with Gasteiger partial charge >= 0.3 is 6.18 Å². The molecular weight excluding hydrogens is 221 g/mol. The molecule has 2 unspecified atom stereocenters. The first-order valence-corrected chi connectivity index (χ1v) is 5.63. The van der Waals surface area contributed by atoms with Gasteiger partial charge in [-0.3, -0.25) is 0 Å². The zero-order valence-corrected chi connectivity index (χ0v) is 9.52. The molecule has 16 heavy (non-hydrogen) atoms. The van der Waals surface area contributed by atoms with Crippen LogP contribution in [-0.4, -0.2) is 30.6 Å². The second kappa shape index (κ2) is 5.36. The van der Waals surface area contributed by atoms with Crippen LogP contribution in [0.5, 0.6) is 0 Å². The van der Waals surface area contributed by atoms with Gasteiger partial charge in [0.2, 0.25) is 0 Å². The number of aliphatic hydroxyl groups excluding tert-OH is 1. The van der Waals surface area contributed by atoms with Crippen LogP contribution in [0.2, 0.25) is 0 Å². The first kappa shape index (κ1) is 13.8. The number of halogens is 3. The van der Waals surface area contributed by atoms with Crippen LogP contribution in [0, 0.1) is 5.41 Å². The van der Waals surface area contributed by atoms with Crippen molar-refractivity contribution in [2.45, 2.75) is 51.3 Å². The van der Waals surface area contributed by atoms with Crippen LogP contribution >= 0.6 is 0 Å². The van der Waals surface area contributed by atoms with E-state index in [0.29, 0.717) is 6.42 Å². The van der Waals surface area contributed by atoms with E-state index in [1.165, 1.54) is 0 Å². The summed E-state index contributed by atoms with van der Waals surface area (Å²) >= 11 is 0. The van der Waals surface area contributed by atoms with Crippen LogP contribution in [0.4, 0.5) is 13.2 Å². The van der Waals surface area contributed by atoms with Gasteiger partial charge < -0.3 is 9.84 Å². The van der Waals surface area contributed by atoms with Crippen molar-refractivity contribution < 1.29 is 23.0 Å². The lowest BCUT2D eigenvalue weighted by atomic mass is 9.84. The third kappa shape index (κ3) is 5.16. The van der Waals surface area contributed by atoms with Crippen molar-refractivity contribution in [3.8, 4) is 0 Å². The molecule has 2 atom stereocenters. The van der Waals surface area contributed by atoms with Gasteiger partial charge in [0.25, 0.3) is 0 Å². The van der Waals surface area contributed by atoms with Gasteiger partial charge in [0.1, 0.15) is 6.61 Å². The highest BCUT2D eigenvalue weighted by Crippen LogP contribution is 2.41. The van der Waals surface area contributed by atoms with Crippen LogP contribution in [0.1, 0.15) is 39.0 Å². The molecule has 0 spiro atoms. The summed E-state index contributed by atoms with van der Waals surface area (Å²) in [6.45, 7) is 1.06. The number of alkyl halides is 3. The quantitative estimate of drug-likeness (QED) is 0.749. The molecule has 0 bridgehead atoms. The summed E-state index contributed by atoms with van der Waals surface area (Å²) < 4.78 is 39.8. The standard InChI is InChI=1S/C11H19F3O2/c1-10(5-3-9(15)7-10)4-2-6-16-8-11(12,13)14/h9,15H,2-8H2,1H3. The molecular formula is C11H19F3O2. The van der Waals surface area contributed by atoms with Crippen molar-refractivity contribution in [2.24, 2.45) is 5.41 Å². The van der Waals surface area contributed by atoms with Gasteiger partial charge in [0.15, 0.2) is 0 Å². The lowest BCUT2D eigenvalue weighted by Crippen LogP contribution is -2.19. The predicted octanol–water partition coefficient (Wildman–Crippen LogP) is 2.90. The minimum Gasteiger partial charge on any atom is -0.393 e. The molecule has 1 rings (SSSR count). The summed E-state index contributed by atoms with van der Waals surface area (Å²) in [7, 11) is 0. The Labute approximate surface area is 93.8 Å². The number of aliphatic hydroxyl groups is 1. The van der Waals surface area contributed by atoms with E-state index in [4.69, 9.17) is 0 Å². The molecule has 1 fully saturated rings. The molecule has 5 heteroatoms. The highest BCUT2D eigenvalue weighted by atomic mass is 19.4. The first-order chi connectivity index (χ1) is 7.31. The molecule has 0 aromatic carbocycles. The summed E-state index contributed by atoms with van der Waals surface area (Å²) in [5, 5.41) is 9.39. The van der Waals surface area contributed by atoms with Crippen LogP contribution in [0.3, 0.4) is 0 Å². The highest BCUT2D eigenvalue weighted by Gasteiger charge is 2.33. The molecule has 0 heterocycles. The number of hydrogen-bond acceptors (Lipinski definition) is 2. The SMILES string of the molecule is CC1(CCCOCC(F)(F)F)CCC(O)C1. The topological polar surface area (TPSA) is 29.5 Å². The van der Waals surface area contributed by atoms with Gasteiger partial charge in [-0.1, -0.05) is 6.92 Å². The van der Waals surface area contributed by atoms with Crippen molar-refractivity contribution in [1.82, 2.24) is 0 Å². The van der Waals surface area contributed by atoms with Crippen molar-refractivity contribution in [3.05, 3.63) is 0 Å². The Morgan fingerprint density at radius 2 is 2.12 bits per heavy atom. The van der Waals surface area contributed by atoms with E-state index in [2.05, 4.69) is 11.7 Å². The van der Waals surface area contributed by atoms with Crippen LogP contribution in [0.25, 0.3) is 0 Å². The fourth-order valence-corrected chi connectivity index (χ4v) is 2.30. The van der Waals surface area contributed by atoms with Gasteiger partial charge in [-0.15, -0.1) is 0 Å². The molecule has 1 aliphatic rings. The molecule has 0 amide bonds. The maximum absolute atomic E-state index is 11.8. The average molecular weight is 240 g/mol. The largest absolute Gasteiger partial charge is 0.411 e. The van der Waals surface area contributed by atoms with E-state index in [1.54, 1.807) is 0 Å². The Balaban J connectivity index is 2.07. The van der Waals surface area contributed by atoms with Crippen molar-refractivity contribution in [2.75, 3.05) is 13.2 Å². The van der Waals surface area contributed by atoms with E-state index >= 15 is 0 Å². The molecule has 0 aliphatic heterocycles. The fraction of sp³-hybridized carbons (Fsp3) is 1.00. The maximum atomic E-state index is 11.8. The van der Waals surface area contributed by atoms with Gasteiger partial charge in [0, 0.05) is 6.61 Å². The Hall–Kier alpha value is -0.290. The Morgan fingerprint density at radius 3 is 2.62 bits per heavy atom. The third-order valence-electron chi connectivity index (χ3n) is 3.14. The molecule has 1 saturated carbocycles. The van der Waals surface area contributed by atoms with E-state index < -0.39 is 12.8 Å². The molecule has 1 aliphatic carbocycles. The van der Waals surface area contributed by atoms with E-state index in [1.807, 2.05) is 0 Å². The van der Waals surface area contributed by atoms with Crippen molar-refractivity contribution in [1.29, 1.82) is 0 Å². The van der Waals surface area contributed by atoms with Gasteiger partial charge in [-0.2, -0.15) is 13.2 Å². The smallest absolute Gasteiger partial charge is 0.393 e. The summed E-state index contributed by atoms with van der Waals surface area (Å²) in [4.78, 5) is 0. The average Bonchev–Trinajstić information content (AvgIpc) is 2.44. The predicted molar refractivity (Wildman–Crippen MR) is 54.1 cm³/mol. The summed E-state index contributed by atoms with van der Waals surface area (Å²) in [6.07, 6.45) is -0.505. The molecule has 0 saturated heterocycles.